The first-order valence-corrected chi connectivity index (χ1v) is 10.9. The highest BCUT2D eigenvalue weighted by molar-refractivity contribution is 6.44. The van der Waals surface area contributed by atoms with Gasteiger partial charge in [-0.25, -0.2) is 4.79 Å². The van der Waals surface area contributed by atoms with Crippen LogP contribution in [0.25, 0.3) is 0 Å². The number of hydrogen-bond acceptors (Lipinski definition) is 5. The van der Waals surface area contributed by atoms with E-state index < -0.39 is 6.04 Å². The summed E-state index contributed by atoms with van der Waals surface area (Å²) in [5.41, 5.74) is 0.668. The van der Waals surface area contributed by atoms with Crippen molar-refractivity contribution in [3.05, 3.63) is 27.7 Å². The van der Waals surface area contributed by atoms with E-state index in [9.17, 15) is 9.59 Å². The first kappa shape index (κ1) is 22.3. The molecule has 2 heterocycles. The zero-order chi connectivity index (χ0) is 21.0. The zero-order valence-electron chi connectivity index (χ0n) is 16.9. The fourth-order valence-corrected chi connectivity index (χ4v) is 4.15. The quantitative estimate of drug-likeness (QED) is 0.612. The van der Waals surface area contributed by atoms with Crippen LogP contribution in [0.3, 0.4) is 0 Å². The molecule has 2 aliphatic heterocycles. The average molecular weight is 442 g/mol. The summed E-state index contributed by atoms with van der Waals surface area (Å²) in [6.45, 7) is 9.25. The van der Waals surface area contributed by atoms with Crippen molar-refractivity contribution in [3.63, 3.8) is 0 Å². The number of carbonyl (C=O) groups is 2. The first-order chi connectivity index (χ1) is 13.9. The van der Waals surface area contributed by atoms with Gasteiger partial charge in [0.15, 0.2) is 5.78 Å². The molecule has 2 amide bonds. The van der Waals surface area contributed by atoms with Gasteiger partial charge in [-0.05, 0) is 25.5 Å². The molecule has 0 aromatic heterocycles. The number of anilines is 1. The highest BCUT2D eigenvalue weighted by atomic mass is 35.5. The van der Waals surface area contributed by atoms with Crippen molar-refractivity contribution in [1.82, 2.24) is 20.4 Å². The molecule has 2 atom stereocenters. The predicted octanol–water partition coefficient (Wildman–Crippen LogP) is 2.69. The Balaban J connectivity index is 1.82. The van der Waals surface area contributed by atoms with Crippen LogP contribution in [-0.4, -0.2) is 79.5 Å². The number of nitrogens with one attached hydrogen (secondary N) is 3. The lowest BCUT2D eigenvalue weighted by Crippen LogP contribution is -2.56. The summed E-state index contributed by atoms with van der Waals surface area (Å²) in [5.74, 6) is -0.152. The van der Waals surface area contributed by atoms with Crippen molar-refractivity contribution in [2.75, 3.05) is 51.1 Å². The number of carbonyl (C=O) groups excluding carboxylic acids is 2. The van der Waals surface area contributed by atoms with Gasteiger partial charge in [-0.1, -0.05) is 30.1 Å². The summed E-state index contributed by atoms with van der Waals surface area (Å²) >= 11 is 12.6. The first-order valence-electron chi connectivity index (χ1n) is 10.2. The van der Waals surface area contributed by atoms with Crippen molar-refractivity contribution in [2.24, 2.45) is 0 Å². The number of benzene rings is 1. The van der Waals surface area contributed by atoms with E-state index in [2.05, 4.69) is 34.7 Å². The molecule has 2 fully saturated rings. The second kappa shape index (κ2) is 10.1. The minimum atomic E-state index is -0.399. The molecule has 0 radical (unpaired) electrons. The predicted molar refractivity (Wildman–Crippen MR) is 117 cm³/mol. The van der Waals surface area contributed by atoms with Crippen molar-refractivity contribution in [2.45, 2.75) is 32.4 Å². The highest BCUT2D eigenvalue weighted by Gasteiger charge is 2.31. The van der Waals surface area contributed by atoms with Gasteiger partial charge in [0, 0.05) is 51.9 Å². The van der Waals surface area contributed by atoms with Crippen LogP contribution in [0.15, 0.2) is 12.1 Å². The van der Waals surface area contributed by atoms with Crippen molar-refractivity contribution >= 4 is 40.7 Å². The minimum absolute atomic E-state index is 0.152. The van der Waals surface area contributed by atoms with Gasteiger partial charge in [0.25, 0.3) is 0 Å². The molecule has 160 valence electrons. The topological polar surface area (TPSA) is 76.7 Å². The molecular formula is C20H29Cl2N5O2. The Hall–Kier alpha value is -1.38. The van der Waals surface area contributed by atoms with E-state index in [0.717, 1.165) is 32.6 Å². The fraction of sp³-hybridized carbons (Fsp3) is 0.600. The third-order valence-electron chi connectivity index (χ3n) is 5.72. The molecule has 1 aromatic rings. The molecule has 0 aliphatic carbocycles. The molecule has 3 rings (SSSR count). The van der Waals surface area contributed by atoms with Crippen LogP contribution >= 0.6 is 23.2 Å². The summed E-state index contributed by atoms with van der Waals surface area (Å²) in [7, 11) is 0. The second-order valence-electron chi connectivity index (χ2n) is 7.57. The van der Waals surface area contributed by atoms with Gasteiger partial charge in [0.2, 0.25) is 0 Å². The number of hydrogen-bond donors (Lipinski definition) is 3. The molecule has 0 unspecified atom stereocenters. The number of urea groups is 1. The van der Waals surface area contributed by atoms with Crippen molar-refractivity contribution in [1.29, 1.82) is 0 Å². The molecule has 29 heavy (non-hydrogen) atoms. The van der Waals surface area contributed by atoms with Gasteiger partial charge in [-0.15, -0.1) is 0 Å². The lowest BCUT2D eigenvalue weighted by molar-refractivity contribution is 0.0839. The summed E-state index contributed by atoms with van der Waals surface area (Å²) in [4.78, 5) is 30.1. The van der Waals surface area contributed by atoms with Gasteiger partial charge in [0.05, 0.1) is 27.3 Å². The molecule has 2 aliphatic rings. The third-order valence-corrected chi connectivity index (χ3v) is 6.53. The number of amides is 2. The van der Waals surface area contributed by atoms with Gasteiger partial charge in [-0.3, -0.25) is 9.69 Å². The fourth-order valence-electron chi connectivity index (χ4n) is 3.74. The van der Waals surface area contributed by atoms with E-state index in [-0.39, 0.29) is 22.4 Å². The monoisotopic (exact) mass is 441 g/mol. The molecule has 0 saturated carbocycles. The number of nitrogens with zero attached hydrogens (tertiary/aromatic N) is 2. The van der Waals surface area contributed by atoms with Gasteiger partial charge in [0.1, 0.15) is 0 Å². The van der Waals surface area contributed by atoms with Gasteiger partial charge >= 0.3 is 6.03 Å². The number of rotatable bonds is 5. The summed E-state index contributed by atoms with van der Waals surface area (Å²) in [6.07, 6.45) is 1.02. The van der Waals surface area contributed by atoms with E-state index >= 15 is 0 Å². The molecule has 0 bridgehead atoms. The van der Waals surface area contributed by atoms with Crippen LogP contribution in [0.4, 0.5) is 10.5 Å². The Kier molecular flexibility index (Phi) is 7.76. The normalized spacial score (nSPS) is 21.7. The van der Waals surface area contributed by atoms with Crippen molar-refractivity contribution < 1.29 is 9.59 Å². The SMILES string of the molecule is CC[C@@H](C)N1CCN[C@@H](C(=O)c2c(NC(=O)N3CCNCC3)ccc(Cl)c2Cl)C1. The Morgan fingerprint density at radius 2 is 1.93 bits per heavy atom. The number of piperazine rings is 2. The minimum Gasteiger partial charge on any atom is -0.322 e. The maximum atomic E-state index is 13.4. The lowest BCUT2D eigenvalue weighted by atomic mass is 9.99. The maximum absolute atomic E-state index is 13.4. The standard InChI is InChI=1S/C20H29Cl2N5O2/c1-3-13(2)27-11-8-24-16(12-27)19(28)17-15(5-4-14(21)18(17)22)25-20(29)26-9-6-23-7-10-26/h4-5,13,16,23-24H,3,6-12H2,1-2H3,(H,25,29)/t13-,16-/m1/s1. The Morgan fingerprint density at radius 3 is 2.62 bits per heavy atom. The molecule has 7 nitrogen and oxygen atoms in total. The molecule has 0 spiro atoms. The molecular weight excluding hydrogens is 413 g/mol. The van der Waals surface area contributed by atoms with Crippen molar-refractivity contribution in [3.8, 4) is 0 Å². The third kappa shape index (κ3) is 5.22. The van der Waals surface area contributed by atoms with Crippen LogP contribution in [0, 0.1) is 0 Å². The van der Waals surface area contributed by atoms with Crippen LogP contribution in [0.5, 0.6) is 0 Å². The van der Waals surface area contributed by atoms with Gasteiger partial charge in [-0.2, -0.15) is 0 Å². The van der Waals surface area contributed by atoms with Crippen LogP contribution in [0.2, 0.25) is 10.0 Å². The van der Waals surface area contributed by atoms with Crippen LogP contribution in [-0.2, 0) is 0 Å². The second-order valence-corrected chi connectivity index (χ2v) is 8.36. The van der Waals surface area contributed by atoms with E-state index in [1.54, 1.807) is 17.0 Å². The van der Waals surface area contributed by atoms with E-state index in [1.807, 2.05) is 0 Å². The lowest BCUT2D eigenvalue weighted by Gasteiger charge is -2.37. The Morgan fingerprint density at radius 1 is 1.21 bits per heavy atom. The van der Waals surface area contributed by atoms with Crippen LogP contribution < -0.4 is 16.0 Å². The molecule has 9 heteroatoms. The average Bonchev–Trinajstić information content (AvgIpc) is 2.76. The number of halogens is 2. The maximum Gasteiger partial charge on any atom is 0.321 e. The Bertz CT molecular complexity index is 755. The number of Topliss-reactive ketones (excluding diaryl/α,β-unsaturated/α-hetero) is 1. The van der Waals surface area contributed by atoms with E-state index in [1.165, 1.54) is 0 Å². The smallest absolute Gasteiger partial charge is 0.321 e. The summed E-state index contributed by atoms with van der Waals surface area (Å²) in [5, 5.41) is 9.85. The highest BCUT2D eigenvalue weighted by Crippen LogP contribution is 2.33. The summed E-state index contributed by atoms with van der Waals surface area (Å²) < 4.78 is 0. The zero-order valence-corrected chi connectivity index (χ0v) is 18.4. The molecule has 2 saturated heterocycles. The summed E-state index contributed by atoms with van der Waals surface area (Å²) in [6, 6.07) is 3.01. The molecule has 1 aromatic carbocycles. The van der Waals surface area contributed by atoms with Gasteiger partial charge < -0.3 is 20.9 Å². The Labute approximate surface area is 182 Å². The largest absolute Gasteiger partial charge is 0.322 e. The number of ketones is 1. The van der Waals surface area contributed by atoms with E-state index in [4.69, 9.17) is 23.2 Å². The van der Waals surface area contributed by atoms with Crippen LogP contribution in [0.1, 0.15) is 30.6 Å². The van der Waals surface area contributed by atoms with E-state index in [0.29, 0.717) is 36.4 Å². The molecule has 3 N–H and O–H groups in total.